The average molecular weight is 229 g/mol. The number of fused-ring (bicyclic) bond motifs is 1. The van der Waals surface area contributed by atoms with E-state index in [0.717, 1.165) is 16.5 Å². The number of nitrogens with zero attached hydrogens (tertiary/aromatic N) is 1. The number of benzene rings is 1. The highest BCUT2D eigenvalue weighted by Crippen LogP contribution is 2.36. The molecule has 0 radical (unpaired) electrons. The van der Waals surface area contributed by atoms with E-state index in [1.807, 2.05) is 37.3 Å². The van der Waals surface area contributed by atoms with Crippen LogP contribution in [0.25, 0.3) is 10.9 Å². The molecule has 0 aliphatic rings. The van der Waals surface area contributed by atoms with Gasteiger partial charge in [-0.05, 0) is 30.0 Å². The summed E-state index contributed by atoms with van der Waals surface area (Å²) < 4.78 is 0. The number of pyridine rings is 1. The fourth-order valence-corrected chi connectivity index (χ4v) is 2.39. The Morgan fingerprint density at radius 1 is 1.24 bits per heavy atom. The lowest BCUT2D eigenvalue weighted by Crippen LogP contribution is -2.31. The lowest BCUT2D eigenvalue weighted by Gasteiger charge is -2.32. The Morgan fingerprint density at radius 3 is 2.65 bits per heavy atom. The molecule has 1 aromatic heterocycles. The first-order valence-electron chi connectivity index (χ1n) is 6.16. The Bertz CT molecular complexity index is 516. The molecule has 0 saturated heterocycles. The third kappa shape index (κ3) is 1.93. The van der Waals surface area contributed by atoms with Crippen LogP contribution in [0.5, 0.6) is 0 Å². The summed E-state index contributed by atoms with van der Waals surface area (Å²) in [5.41, 5.74) is 1.15. The van der Waals surface area contributed by atoms with Crippen LogP contribution in [0.2, 0.25) is 0 Å². The molecular formula is C15H19NO. The lowest BCUT2D eigenvalue weighted by atomic mass is 9.79. The minimum absolute atomic E-state index is 0.179. The van der Waals surface area contributed by atoms with E-state index in [4.69, 9.17) is 0 Å². The van der Waals surface area contributed by atoms with Crippen molar-refractivity contribution >= 4 is 10.9 Å². The van der Waals surface area contributed by atoms with Crippen molar-refractivity contribution in [3.05, 3.63) is 42.1 Å². The zero-order valence-electron chi connectivity index (χ0n) is 10.6. The number of hydrogen-bond acceptors (Lipinski definition) is 2. The van der Waals surface area contributed by atoms with E-state index >= 15 is 0 Å². The average Bonchev–Trinajstić information content (AvgIpc) is 2.37. The molecule has 0 saturated carbocycles. The normalized spacial score (nSPS) is 15.1. The molecule has 2 rings (SSSR count). The minimum atomic E-state index is -0.775. The molecule has 1 atom stereocenters. The molecule has 2 aromatic rings. The predicted octanol–water partition coefficient (Wildman–Crippen LogP) is 3.49. The van der Waals surface area contributed by atoms with E-state index in [1.54, 1.807) is 6.20 Å². The van der Waals surface area contributed by atoms with Crippen LogP contribution >= 0.6 is 0 Å². The van der Waals surface area contributed by atoms with Crippen molar-refractivity contribution < 1.29 is 5.11 Å². The fraction of sp³-hybridized carbons (Fsp3) is 0.400. The van der Waals surface area contributed by atoms with Gasteiger partial charge in [0.2, 0.25) is 0 Å². The summed E-state index contributed by atoms with van der Waals surface area (Å²) in [4.78, 5) is 4.34. The van der Waals surface area contributed by atoms with Crippen LogP contribution in [0.3, 0.4) is 0 Å². The molecule has 17 heavy (non-hydrogen) atoms. The van der Waals surface area contributed by atoms with Crippen LogP contribution in [-0.2, 0) is 5.60 Å². The maximum atomic E-state index is 10.8. The molecule has 0 aliphatic carbocycles. The molecule has 90 valence electrons. The summed E-state index contributed by atoms with van der Waals surface area (Å²) in [5.74, 6) is 0.179. The van der Waals surface area contributed by atoms with Gasteiger partial charge in [0.15, 0.2) is 0 Å². The molecule has 1 N–H and O–H groups in total. The Labute approximate surface area is 102 Å². The number of aliphatic hydroxyl groups is 1. The summed E-state index contributed by atoms with van der Waals surface area (Å²) >= 11 is 0. The standard InChI is InChI=1S/C15H19NO/c1-4-15(17,11(2)3)13-8-5-9-14-12(13)7-6-10-16-14/h5-11,17H,4H2,1-3H3. The highest BCUT2D eigenvalue weighted by atomic mass is 16.3. The van der Waals surface area contributed by atoms with Crippen molar-refractivity contribution in [3.8, 4) is 0 Å². The molecule has 0 fully saturated rings. The largest absolute Gasteiger partial charge is 0.385 e. The van der Waals surface area contributed by atoms with Crippen molar-refractivity contribution in [2.24, 2.45) is 5.92 Å². The molecule has 0 spiro atoms. The zero-order chi connectivity index (χ0) is 12.5. The molecular weight excluding hydrogens is 210 g/mol. The monoisotopic (exact) mass is 229 g/mol. The summed E-state index contributed by atoms with van der Waals surface area (Å²) in [6.07, 6.45) is 2.49. The maximum absolute atomic E-state index is 10.8. The van der Waals surface area contributed by atoms with Crippen molar-refractivity contribution in [3.63, 3.8) is 0 Å². The Hall–Kier alpha value is -1.41. The smallest absolute Gasteiger partial charge is 0.0923 e. The van der Waals surface area contributed by atoms with E-state index in [1.165, 1.54) is 0 Å². The first-order chi connectivity index (χ1) is 8.09. The van der Waals surface area contributed by atoms with Gasteiger partial charge in [-0.2, -0.15) is 0 Å². The third-order valence-corrected chi connectivity index (χ3v) is 3.61. The number of rotatable bonds is 3. The van der Waals surface area contributed by atoms with Crippen LogP contribution < -0.4 is 0 Å². The SMILES string of the molecule is CCC(O)(c1cccc2ncccc12)C(C)C. The van der Waals surface area contributed by atoms with Gasteiger partial charge in [0.05, 0.1) is 11.1 Å². The molecule has 2 heteroatoms. The van der Waals surface area contributed by atoms with Gasteiger partial charge in [0, 0.05) is 11.6 Å². The summed E-state index contributed by atoms with van der Waals surface area (Å²) in [6.45, 7) is 6.13. The molecule has 0 aliphatic heterocycles. The summed E-state index contributed by atoms with van der Waals surface area (Å²) in [6, 6.07) is 9.90. The molecule has 0 amide bonds. The van der Waals surface area contributed by atoms with E-state index < -0.39 is 5.60 Å². The van der Waals surface area contributed by atoms with Gasteiger partial charge in [0.1, 0.15) is 0 Å². The van der Waals surface area contributed by atoms with Crippen LogP contribution in [0.15, 0.2) is 36.5 Å². The second kappa shape index (κ2) is 4.46. The van der Waals surface area contributed by atoms with E-state index in [0.29, 0.717) is 6.42 Å². The first-order valence-corrected chi connectivity index (χ1v) is 6.16. The van der Waals surface area contributed by atoms with E-state index in [-0.39, 0.29) is 5.92 Å². The fourth-order valence-electron chi connectivity index (χ4n) is 2.39. The van der Waals surface area contributed by atoms with Gasteiger partial charge in [-0.25, -0.2) is 0 Å². The highest BCUT2D eigenvalue weighted by Gasteiger charge is 2.32. The second-order valence-corrected chi connectivity index (χ2v) is 4.81. The Morgan fingerprint density at radius 2 is 2.00 bits per heavy atom. The predicted molar refractivity (Wildman–Crippen MR) is 70.8 cm³/mol. The van der Waals surface area contributed by atoms with Gasteiger partial charge in [0.25, 0.3) is 0 Å². The van der Waals surface area contributed by atoms with Gasteiger partial charge in [-0.1, -0.05) is 39.0 Å². The zero-order valence-corrected chi connectivity index (χ0v) is 10.6. The second-order valence-electron chi connectivity index (χ2n) is 4.81. The van der Waals surface area contributed by atoms with Gasteiger partial charge < -0.3 is 5.11 Å². The van der Waals surface area contributed by atoms with Crippen molar-refractivity contribution in [1.82, 2.24) is 4.98 Å². The summed E-state index contributed by atoms with van der Waals surface area (Å²) in [7, 11) is 0. The molecule has 1 unspecified atom stereocenters. The van der Waals surface area contributed by atoms with Crippen LogP contribution in [0.1, 0.15) is 32.8 Å². The molecule has 0 bridgehead atoms. The van der Waals surface area contributed by atoms with Crippen molar-refractivity contribution in [2.45, 2.75) is 32.8 Å². The third-order valence-electron chi connectivity index (χ3n) is 3.61. The first kappa shape index (κ1) is 12.1. The molecule has 1 heterocycles. The van der Waals surface area contributed by atoms with Crippen LogP contribution in [-0.4, -0.2) is 10.1 Å². The quantitative estimate of drug-likeness (QED) is 0.874. The van der Waals surface area contributed by atoms with Gasteiger partial charge in [-0.3, -0.25) is 4.98 Å². The van der Waals surface area contributed by atoms with Gasteiger partial charge in [-0.15, -0.1) is 0 Å². The maximum Gasteiger partial charge on any atom is 0.0923 e. The minimum Gasteiger partial charge on any atom is -0.385 e. The highest BCUT2D eigenvalue weighted by molar-refractivity contribution is 5.82. The van der Waals surface area contributed by atoms with E-state index in [2.05, 4.69) is 18.8 Å². The number of aromatic nitrogens is 1. The Balaban J connectivity index is 2.70. The van der Waals surface area contributed by atoms with Gasteiger partial charge >= 0.3 is 0 Å². The topological polar surface area (TPSA) is 33.1 Å². The number of hydrogen-bond donors (Lipinski definition) is 1. The molecule has 1 aromatic carbocycles. The van der Waals surface area contributed by atoms with Crippen LogP contribution in [0, 0.1) is 5.92 Å². The van der Waals surface area contributed by atoms with Crippen molar-refractivity contribution in [1.29, 1.82) is 0 Å². The molecule has 2 nitrogen and oxygen atoms in total. The van der Waals surface area contributed by atoms with Crippen LogP contribution in [0.4, 0.5) is 0 Å². The summed E-state index contributed by atoms with van der Waals surface area (Å²) in [5, 5.41) is 11.9. The van der Waals surface area contributed by atoms with E-state index in [9.17, 15) is 5.11 Å². The Kier molecular flexibility index (Phi) is 3.16. The lowest BCUT2D eigenvalue weighted by molar-refractivity contribution is -0.0126. The van der Waals surface area contributed by atoms with Crippen molar-refractivity contribution in [2.75, 3.05) is 0 Å².